The molecule has 1 N–H and O–H groups in total. The molecule has 2 rings (SSSR count). The van der Waals surface area contributed by atoms with Crippen molar-refractivity contribution in [1.29, 1.82) is 0 Å². The van der Waals surface area contributed by atoms with Gasteiger partial charge in [-0.15, -0.1) is 6.58 Å². The van der Waals surface area contributed by atoms with E-state index in [9.17, 15) is 0 Å². The number of nitrogens with one attached hydrogen (secondary N) is 1. The molecule has 2 aliphatic rings. The van der Waals surface area contributed by atoms with Crippen molar-refractivity contribution in [3.05, 3.63) is 12.7 Å². The van der Waals surface area contributed by atoms with E-state index in [1.807, 2.05) is 6.08 Å². The molecule has 20 heavy (non-hydrogen) atoms. The van der Waals surface area contributed by atoms with Crippen molar-refractivity contribution < 1.29 is 4.74 Å². The van der Waals surface area contributed by atoms with Gasteiger partial charge in [0.1, 0.15) is 0 Å². The zero-order chi connectivity index (χ0) is 14.0. The Morgan fingerprint density at radius 1 is 1.10 bits per heavy atom. The van der Waals surface area contributed by atoms with Crippen LogP contribution >= 0.6 is 0 Å². The van der Waals surface area contributed by atoms with Gasteiger partial charge in [-0.1, -0.05) is 12.5 Å². The third-order valence-corrected chi connectivity index (χ3v) is 4.04. The first-order chi connectivity index (χ1) is 9.88. The Kier molecular flexibility index (Phi) is 7.54. The minimum atomic E-state index is 0.0815. The molecule has 2 saturated heterocycles. The molecule has 5 heteroatoms. The highest BCUT2D eigenvalue weighted by molar-refractivity contribution is 4.83. The molecular formula is C15H29N4O. The van der Waals surface area contributed by atoms with Gasteiger partial charge < -0.3 is 4.74 Å². The summed E-state index contributed by atoms with van der Waals surface area (Å²) in [5.41, 5.74) is 0. The highest BCUT2D eigenvalue weighted by Crippen LogP contribution is 2.07. The summed E-state index contributed by atoms with van der Waals surface area (Å²) in [6.07, 6.45) is 6.00. The highest BCUT2D eigenvalue weighted by atomic mass is 16.5. The summed E-state index contributed by atoms with van der Waals surface area (Å²) in [5, 5.41) is 8.16. The van der Waals surface area contributed by atoms with Crippen LogP contribution < -0.4 is 10.6 Å². The zero-order valence-corrected chi connectivity index (χ0v) is 12.6. The molecule has 1 radical (unpaired) electrons. The van der Waals surface area contributed by atoms with Crippen molar-refractivity contribution >= 4 is 0 Å². The van der Waals surface area contributed by atoms with Gasteiger partial charge in [0, 0.05) is 26.2 Å². The van der Waals surface area contributed by atoms with Crippen LogP contribution in [-0.2, 0) is 4.74 Å². The van der Waals surface area contributed by atoms with Gasteiger partial charge in [-0.05, 0) is 25.9 Å². The molecule has 0 spiro atoms. The summed E-state index contributed by atoms with van der Waals surface area (Å²) in [6, 6.07) is 0. The highest BCUT2D eigenvalue weighted by Gasteiger charge is 2.13. The van der Waals surface area contributed by atoms with Crippen molar-refractivity contribution in [2.45, 2.75) is 25.4 Å². The van der Waals surface area contributed by atoms with E-state index in [2.05, 4.69) is 21.7 Å². The van der Waals surface area contributed by atoms with E-state index in [0.717, 1.165) is 46.1 Å². The number of rotatable bonds is 8. The molecular weight excluding hydrogens is 252 g/mol. The summed E-state index contributed by atoms with van der Waals surface area (Å²) in [5.74, 6) is 0. The first kappa shape index (κ1) is 15.9. The summed E-state index contributed by atoms with van der Waals surface area (Å²) < 4.78 is 5.35. The molecule has 0 saturated carbocycles. The van der Waals surface area contributed by atoms with Gasteiger partial charge >= 0.3 is 0 Å². The quantitative estimate of drug-likeness (QED) is 0.657. The second-order valence-corrected chi connectivity index (χ2v) is 5.59. The second-order valence-electron chi connectivity index (χ2n) is 5.59. The van der Waals surface area contributed by atoms with Crippen molar-refractivity contribution in [3.8, 4) is 0 Å². The number of morpholine rings is 1. The van der Waals surface area contributed by atoms with Crippen molar-refractivity contribution in [3.63, 3.8) is 0 Å². The smallest absolute Gasteiger partial charge is 0.0938 e. The topological polar surface area (TPSA) is 41.8 Å². The summed E-state index contributed by atoms with van der Waals surface area (Å²) >= 11 is 0. The summed E-state index contributed by atoms with van der Waals surface area (Å²) in [4.78, 5) is 4.87. The first-order valence-electron chi connectivity index (χ1n) is 7.93. The molecule has 1 atom stereocenters. The molecule has 2 aliphatic heterocycles. The minimum Gasteiger partial charge on any atom is -0.379 e. The lowest BCUT2D eigenvalue weighted by atomic mass is 10.1. The summed E-state index contributed by atoms with van der Waals surface area (Å²) in [7, 11) is 0. The minimum absolute atomic E-state index is 0.0815. The van der Waals surface area contributed by atoms with E-state index >= 15 is 0 Å². The Morgan fingerprint density at radius 3 is 2.55 bits per heavy atom. The SMILES string of the molecule is C=CC([N]CN1CCCCC1)NCCN1CCOCC1. The average Bonchev–Trinajstić information content (AvgIpc) is 2.52. The number of hydrogen-bond donors (Lipinski definition) is 1. The predicted molar refractivity (Wildman–Crippen MR) is 81.7 cm³/mol. The van der Waals surface area contributed by atoms with E-state index in [0.29, 0.717) is 0 Å². The van der Waals surface area contributed by atoms with Gasteiger partial charge in [0.15, 0.2) is 0 Å². The summed E-state index contributed by atoms with van der Waals surface area (Å²) in [6.45, 7) is 13.0. The Bertz CT molecular complexity index is 263. The van der Waals surface area contributed by atoms with E-state index in [-0.39, 0.29) is 6.17 Å². The van der Waals surface area contributed by atoms with E-state index < -0.39 is 0 Å². The number of nitrogens with zero attached hydrogens (tertiary/aromatic N) is 3. The molecule has 1 unspecified atom stereocenters. The lowest BCUT2D eigenvalue weighted by Gasteiger charge is -2.29. The maximum Gasteiger partial charge on any atom is 0.0938 e. The molecule has 0 aliphatic carbocycles. The van der Waals surface area contributed by atoms with Gasteiger partial charge in [-0.2, -0.15) is 0 Å². The Labute approximate surface area is 123 Å². The number of ether oxygens (including phenoxy) is 1. The molecule has 0 aromatic rings. The van der Waals surface area contributed by atoms with Crippen molar-refractivity contribution in [2.75, 3.05) is 59.2 Å². The van der Waals surface area contributed by atoms with Gasteiger partial charge in [0.05, 0.1) is 26.0 Å². The van der Waals surface area contributed by atoms with Gasteiger partial charge in [-0.25, -0.2) is 5.32 Å². The van der Waals surface area contributed by atoms with Crippen molar-refractivity contribution in [1.82, 2.24) is 20.4 Å². The normalized spacial score (nSPS) is 23.6. The van der Waals surface area contributed by atoms with Gasteiger partial charge in [0.2, 0.25) is 0 Å². The second kappa shape index (κ2) is 9.47. The maximum absolute atomic E-state index is 5.35. The van der Waals surface area contributed by atoms with Gasteiger partial charge in [0.25, 0.3) is 0 Å². The predicted octanol–water partition coefficient (Wildman–Crippen LogP) is 0.468. The van der Waals surface area contributed by atoms with Crippen LogP contribution in [0.15, 0.2) is 12.7 Å². The van der Waals surface area contributed by atoms with Crippen LogP contribution in [-0.4, -0.2) is 75.1 Å². The zero-order valence-electron chi connectivity index (χ0n) is 12.6. The lowest BCUT2D eigenvalue weighted by molar-refractivity contribution is 0.0381. The van der Waals surface area contributed by atoms with Crippen LogP contribution in [0.1, 0.15) is 19.3 Å². The molecule has 2 fully saturated rings. The van der Waals surface area contributed by atoms with Crippen LogP contribution in [0.3, 0.4) is 0 Å². The maximum atomic E-state index is 5.35. The van der Waals surface area contributed by atoms with Crippen molar-refractivity contribution in [2.24, 2.45) is 0 Å². The van der Waals surface area contributed by atoms with Crippen LogP contribution in [0.5, 0.6) is 0 Å². The fourth-order valence-electron chi connectivity index (χ4n) is 2.72. The molecule has 115 valence electrons. The van der Waals surface area contributed by atoms with Gasteiger partial charge in [-0.3, -0.25) is 15.1 Å². The molecule has 2 heterocycles. The monoisotopic (exact) mass is 281 g/mol. The molecule has 0 amide bonds. The van der Waals surface area contributed by atoms with Crippen LogP contribution in [0, 0.1) is 0 Å². The fraction of sp³-hybridized carbons (Fsp3) is 0.867. The standard InChI is InChI=1S/C15H29N4O/c1-2-15(17-14-19-7-4-3-5-8-19)16-6-9-18-10-12-20-13-11-18/h2,15-16H,1,3-14H2. The lowest BCUT2D eigenvalue weighted by Crippen LogP contribution is -2.46. The van der Waals surface area contributed by atoms with Crippen LogP contribution in [0.25, 0.3) is 0 Å². The molecule has 0 aromatic heterocycles. The third-order valence-electron chi connectivity index (χ3n) is 4.04. The molecule has 5 nitrogen and oxygen atoms in total. The van der Waals surface area contributed by atoms with E-state index in [1.165, 1.54) is 32.4 Å². The Balaban J connectivity index is 1.55. The Hall–Kier alpha value is -0.460. The largest absolute Gasteiger partial charge is 0.379 e. The first-order valence-corrected chi connectivity index (χ1v) is 7.93. The van der Waals surface area contributed by atoms with E-state index in [4.69, 9.17) is 10.1 Å². The van der Waals surface area contributed by atoms with Crippen LogP contribution in [0.2, 0.25) is 0 Å². The molecule has 0 bridgehead atoms. The number of likely N-dealkylation sites (tertiary alicyclic amines) is 1. The van der Waals surface area contributed by atoms with E-state index in [1.54, 1.807) is 0 Å². The Morgan fingerprint density at radius 2 is 1.85 bits per heavy atom. The number of hydrogen-bond acceptors (Lipinski definition) is 4. The number of piperidine rings is 1. The average molecular weight is 281 g/mol. The fourth-order valence-corrected chi connectivity index (χ4v) is 2.72. The van der Waals surface area contributed by atoms with Crippen LogP contribution in [0.4, 0.5) is 0 Å². The molecule has 0 aromatic carbocycles. The third kappa shape index (κ3) is 5.89.